The molecule has 0 aromatic rings. The molecule has 0 atom stereocenters. The zero-order chi connectivity index (χ0) is 11.5. The summed E-state index contributed by atoms with van der Waals surface area (Å²) >= 11 is 33.1. The summed E-state index contributed by atoms with van der Waals surface area (Å²) < 4.78 is 30.4. The zero-order valence-corrected chi connectivity index (χ0v) is 11.6. The molecule has 11 heteroatoms. The van der Waals surface area contributed by atoms with Crippen molar-refractivity contribution in [3.05, 3.63) is 0 Å². The molecule has 0 saturated carbocycles. The van der Waals surface area contributed by atoms with Crippen LogP contribution in [0.3, 0.4) is 0 Å². The first-order valence-electron chi connectivity index (χ1n) is 2.14. The van der Waals surface area contributed by atoms with Gasteiger partial charge in [0, 0.05) is 0 Å². The third kappa shape index (κ3) is 16.7. The van der Waals surface area contributed by atoms with Crippen molar-refractivity contribution >= 4 is 84.4 Å². The number of halogens is 10. The highest BCUT2D eigenvalue weighted by Gasteiger charge is 2.51. The lowest BCUT2D eigenvalue weighted by Crippen LogP contribution is -2.27. The fourth-order valence-electron chi connectivity index (χ4n) is 0. The van der Waals surface area contributed by atoms with E-state index in [9.17, 15) is 13.2 Å². The second kappa shape index (κ2) is 5.94. The van der Waals surface area contributed by atoms with Gasteiger partial charge in [0.25, 0.3) is 3.79 Å². The van der Waals surface area contributed by atoms with Crippen molar-refractivity contribution in [3.8, 4) is 0 Å². The minimum Gasteiger partial charge on any atom is -0.166 e. The summed E-state index contributed by atoms with van der Waals surface area (Å²) in [6.07, 6.45) is -4.77. The normalized spacial score (nSPS) is 13.4. The Labute approximate surface area is 107 Å². The fraction of sp³-hybridized carbons (Fsp3) is 1.00. The van der Waals surface area contributed by atoms with Gasteiger partial charge < -0.3 is 0 Å². The molecule has 0 radical (unpaired) electrons. The SMILES string of the molecule is Cl[Si](Cl)(Cl)Cl.FC(F)(F)C(Cl)(Cl)Cl. The van der Waals surface area contributed by atoms with Crippen LogP contribution in [-0.4, -0.2) is 15.3 Å². The molecule has 82 valence electrons. The van der Waals surface area contributed by atoms with E-state index in [1.54, 1.807) is 0 Å². The van der Waals surface area contributed by atoms with Gasteiger partial charge in [-0.1, -0.05) is 34.8 Å². The van der Waals surface area contributed by atoms with Crippen LogP contribution < -0.4 is 0 Å². The standard InChI is InChI=1S/C2Cl3F3.Cl4Si/c3-1(4,5)2(6,7)8;1-5(2,3)4. The maximum atomic E-state index is 11.2. The van der Waals surface area contributed by atoms with Crippen LogP contribution in [-0.2, 0) is 0 Å². The highest BCUT2D eigenvalue weighted by molar-refractivity contribution is 7.81. The van der Waals surface area contributed by atoms with Gasteiger partial charge in [0.05, 0.1) is 0 Å². The summed E-state index contributed by atoms with van der Waals surface area (Å²) in [4.78, 5) is 0. The van der Waals surface area contributed by atoms with Gasteiger partial charge >= 0.3 is 11.5 Å². The fourth-order valence-corrected chi connectivity index (χ4v) is 0. The van der Waals surface area contributed by atoms with Crippen LogP contribution in [0.15, 0.2) is 0 Å². The van der Waals surface area contributed by atoms with E-state index in [0.717, 1.165) is 0 Å². The van der Waals surface area contributed by atoms with Crippen molar-refractivity contribution in [2.45, 2.75) is 9.97 Å². The van der Waals surface area contributed by atoms with Crippen molar-refractivity contribution in [1.29, 1.82) is 0 Å². The topological polar surface area (TPSA) is 0 Å². The van der Waals surface area contributed by atoms with Gasteiger partial charge in [-0.05, 0) is 0 Å². The van der Waals surface area contributed by atoms with Gasteiger partial charge in [-0.25, -0.2) is 0 Å². The first kappa shape index (κ1) is 17.4. The predicted octanol–water partition coefficient (Wildman–Crippen LogP) is 5.30. The second-order valence-electron chi connectivity index (χ2n) is 1.42. The lowest BCUT2D eigenvalue weighted by molar-refractivity contribution is -0.124. The van der Waals surface area contributed by atoms with E-state index in [4.69, 9.17) is 44.3 Å². The third-order valence-electron chi connectivity index (χ3n) is 0.321. The monoisotopic (exact) mass is 354 g/mol. The Morgan fingerprint density at radius 1 is 0.769 bits per heavy atom. The molecule has 0 aromatic heterocycles. The molecule has 0 aromatic carbocycles. The molecule has 0 bridgehead atoms. The molecule has 0 heterocycles. The van der Waals surface area contributed by atoms with Crippen LogP contribution >= 0.6 is 79.1 Å². The minimum atomic E-state index is -4.77. The van der Waals surface area contributed by atoms with Gasteiger partial charge in [-0.15, -0.1) is 44.3 Å². The van der Waals surface area contributed by atoms with Crippen LogP contribution in [0, 0.1) is 0 Å². The zero-order valence-electron chi connectivity index (χ0n) is 5.28. The molecule has 0 saturated heterocycles. The Kier molecular flexibility index (Phi) is 7.97. The largest absolute Gasteiger partial charge is 0.440 e. The minimum absolute atomic E-state index is 2.72. The van der Waals surface area contributed by atoms with Gasteiger partial charge in [0.1, 0.15) is 0 Å². The predicted molar refractivity (Wildman–Crippen MR) is 55.5 cm³/mol. The number of rotatable bonds is 0. The second-order valence-corrected chi connectivity index (χ2v) is 14.8. The Morgan fingerprint density at radius 2 is 0.846 bits per heavy atom. The molecule has 0 aliphatic heterocycles. The molecular formula is C2Cl7F3Si. The van der Waals surface area contributed by atoms with Crippen LogP contribution in [0.25, 0.3) is 0 Å². The molecule has 0 amide bonds. The lowest BCUT2D eigenvalue weighted by Gasteiger charge is -2.13. The quantitative estimate of drug-likeness (QED) is 0.314. The molecule has 0 rings (SSSR count). The molecule has 0 nitrogen and oxygen atoms in total. The molecule has 13 heavy (non-hydrogen) atoms. The van der Waals surface area contributed by atoms with Crippen molar-refractivity contribution < 1.29 is 13.2 Å². The summed E-state index contributed by atoms with van der Waals surface area (Å²) in [6.45, 7) is 0. The summed E-state index contributed by atoms with van der Waals surface area (Å²) in [5.74, 6) is 0. The molecule has 0 unspecified atom stereocenters. The van der Waals surface area contributed by atoms with E-state index in [0.29, 0.717) is 0 Å². The summed E-state index contributed by atoms with van der Waals surface area (Å²) in [6, 6.07) is 0. The van der Waals surface area contributed by atoms with Crippen LogP contribution in [0.1, 0.15) is 0 Å². The lowest BCUT2D eigenvalue weighted by atomic mass is 10.8. The Hall–Kier alpha value is 2.04. The van der Waals surface area contributed by atoms with E-state index in [2.05, 4.69) is 34.8 Å². The molecule has 0 fully saturated rings. The van der Waals surface area contributed by atoms with Crippen LogP contribution in [0.4, 0.5) is 13.2 Å². The summed E-state index contributed by atoms with van der Waals surface area (Å²) in [7, 11) is 0. The van der Waals surface area contributed by atoms with Crippen LogP contribution in [0.5, 0.6) is 0 Å². The summed E-state index contributed by atoms with van der Waals surface area (Å²) in [5, 5.41) is -2.72. The van der Waals surface area contributed by atoms with Crippen molar-refractivity contribution in [2.24, 2.45) is 0 Å². The Morgan fingerprint density at radius 3 is 0.846 bits per heavy atom. The molecule has 0 spiro atoms. The van der Waals surface area contributed by atoms with Gasteiger partial charge in [0.2, 0.25) is 0 Å². The first-order valence-corrected chi connectivity index (χ1v) is 9.32. The molecule has 0 aliphatic rings. The van der Waals surface area contributed by atoms with Crippen molar-refractivity contribution in [3.63, 3.8) is 0 Å². The van der Waals surface area contributed by atoms with E-state index in [1.165, 1.54) is 0 Å². The smallest absolute Gasteiger partial charge is 0.166 e. The average molecular weight is 357 g/mol. The van der Waals surface area contributed by atoms with Crippen molar-refractivity contribution in [2.75, 3.05) is 0 Å². The van der Waals surface area contributed by atoms with E-state index in [-0.39, 0.29) is 0 Å². The number of alkyl halides is 6. The average Bonchev–Trinajstić information content (AvgIpc) is 1.50. The van der Waals surface area contributed by atoms with Crippen LogP contribution in [0.2, 0.25) is 0 Å². The molecular weight excluding hydrogens is 357 g/mol. The van der Waals surface area contributed by atoms with Crippen molar-refractivity contribution in [1.82, 2.24) is 0 Å². The Bertz CT molecular complexity index is 125. The van der Waals surface area contributed by atoms with Gasteiger partial charge in [-0.2, -0.15) is 13.2 Å². The first-order chi connectivity index (χ1) is 5.25. The van der Waals surface area contributed by atoms with Gasteiger partial charge in [0.15, 0.2) is 0 Å². The molecule has 0 aliphatic carbocycles. The highest BCUT2D eigenvalue weighted by atomic mass is 36.0. The highest BCUT2D eigenvalue weighted by Crippen LogP contribution is 2.42. The number of hydrogen-bond acceptors (Lipinski definition) is 0. The number of hydrogen-bond donors (Lipinski definition) is 0. The van der Waals surface area contributed by atoms with Gasteiger partial charge in [-0.3, -0.25) is 0 Å². The maximum absolute atomic E-state index is 11.2. The molecule has 0 N–H and O–H groups in total. The maximum Gasteiger partial charge on any atom is 0.440 e. The third-order valence-corrected chi connectivity index (χ3v) is 0.964. The van der Waals surface area contributed by atoms with E-state index < -0.39 is 15.3 Å². The Balaban J connectivity index is 0. The van der Waals surface area contributed by atoms with E-state index in [1.807, 2.05) is 0 Å². The summed E-state index contributed by atoms with van der Waals surface area (Å²) in [5.41, 5.74) is 0. The van der Waals surface area contributed by atoms with E-state index >= 15 is 0 Å².